The van der Waals surface area contributed by atoms with E-state index in [0.29, 0.717) is 32.7 Å². The topological polar surface area (TPSA) is 79.4 Å². The summed E-state index contributed by atoms with van der Waals surface area (Å²) in [6.07, 6.45) is -0.150. The summed E-state index contributed by atoms with van der Waals surface area (Å²) in [6.45, 7) is 7.63. The van der Waals surface area contributed by atoms with Gasteiger partial charge in [-0.2, -0.15) is 0 Å². The van der Waals surface area contributed by atoms with Gasteiger partial charge in [0, 0.05) is 44.8 Å². The fourth-order valence-corrected chi connectivity index (χ4v) is 3.58. The first-order chi connectivity index (χ1) is 13.7. The van der Waals surface area contributed by atoms with Gasteiger partial charge < -0.3 is 24.2 Å². The Kier molecular flexibility index (Phi) is 6.00. The molecule has 8 nitrogen and oxygen atoms in total. The summed E-state index contributed by atoms with van der Waals surface area (Å²) in [5.41, 5.74) is 0.222. The van der Waals surface area contributed by atoms with Crippen LogP contribution in [0, 0.1) is 5.92 Å². The lowest BCUT2D eigenvalue weighted by Crippen LogP contribution is -2.53. The van der Waals surface area contributed by atoms with E-state index in [-0.39, 0.29) is 30.2 Å². The van der Waals surface area contributed by atoms with Gasteiger partial charge in [0.1, 0.15) is 11.4 Å². The Bertz CT molecular complexity index is 764. The van der Waals surface area contributed by atoms with E-state index in [1.807, 2.05) is 32.9 Å². The van der Waals surface area contributed by atoms with Gasteiger partial charge in [0.15, 0.2) is 0 Å². The largest absolute Gasteiger partial charge is 0.497 e. The first-order valence-electron chi connectivity index (χ1n) is 9.89. The van der Waals surface area contributed by atoms with Crippen LogP contribution in [0.2, 0.25) is 0 Å². The lowest BCUT2D eigenvalue weighted by molar-refractivity contribution is -0.137. The van der Waals surface area contributed by atoms with Crippen molar-refractivity contribution in [3.63, 3.8) is 0 Å². The molecule has 2 aliphatic rings. The lowest BCUT2D eigenvalue weighted by atomic mass is 10.1. The zero-order valence-electron chi connectivity index (χ0n) is 17.5. The van der Waals surface area contributed by atoms with Crippen molar-refractivity contribution >= 4 is 23.6 Å². The van der Waals surface area contributed by atoms with E-state index in [1.54, 1.807) is 33.9 Å². The van der Waals surface area contributed by atoms with Crippen LogP contribution in [-0.4, -0.2) is 73.1 Å². The van der Waals surface area contributed by atoms with Crippen LogP contribution in [0.5, 0.6) is 5.75 Å². The number of nitrogens with zero attached hydrogens (tertiary/aromatic N) is 3. The number of benzene rings is 1. The molecule has 0 aliphatic carbocycles. The summed E-state index contributed by atoms with van der Waals surface area (Å²) in [5.74, 6) is 0.271. The number of ether oxygens (including phenoxy) is 2. The average Bonchev–Trinajstić information content (AvgIpc) is 3.08. The summed E-state index contributed by atoms with van der Waals surface area (Å²) in [7, 11) is 1.59. The van der Waals surface area contributed by atoms with Crippen molar-refractivity contribution in [2.75, 3.05) is 44.7 Å². The first kappa shape index (κ1) is 21.0. The number of piperazine rings is 1. The zero-order chi connectivity index (χ0) is 21.2. The maximum atomic E-state index is 12.9. The van der Waals surface area contributed by atoms with Crippen LogP contribution < -0.4 is 9.64 Å². The van der Waals surface area contributed by atoms with Crippen molar-refractivity contribution in [2.45, 2.75) is 32.8 Å². The molecule has 2 saturated heterocycles. The van der Waals surface area contributed by atoms with E-state index < -0.39 is 5.60 Å². The van der Waals surface area contributed by atoms with Crippen LogP contribution in [0.1, 0.15) is 27.2 Å². The van der Waals surface area contributed by atoms with Gasteiger partial charge in [-0.05, 0) is 45.0 Å². The lowest BCUT2D eigenvalue weighted by Gasteiger charge is -2.36. The van der Waals surface area contributed by atoms with Gasteiger partial charge in [-0.25, -0.2) is 4.79 Å². The molecular formula is C21H29N3O5. The van der Waals surface area contributed by atoms with Crippen LogP contribution >= 0.6 is 0 Å². The summed E-state index contributed by atoms with van der Waals surface area (Å²) in [6, 6.07) is 7.24. The molecule has 0 saturated carbocycles. The fourth-order valence-electron chi connectivity index (χ4n) is 3.58. The zero-order valence-corrected chi connectivity index (χ0v) is 17.5. The molecule has 1 aromatic carbocycles. The Morgan fingerprint density at radius 2 is 1.59 bits per heavy atom. The van der Waals surface area contributed by atoms with Gasteiger partial charge in [0.2, 0.25) is 11.8 Å². The molecule has 2 heterocycles. The molecule has 2 aliphatic heterocycles. The molecule has 3 rings (SSSR count). The second-order valence-corrected chi connectivity index (χ2v) is 8.40. The minimum absolute atomic E-state index is 0.0294. The van der Waals surface area contributed by atoms with E-state index in [9.17, 15) is 14.4 Å². The fraction of sp³-hybridized carbons (Fsp3) is 0.571. The van der Waals surface area contributed by atoms with Crippen molar-refractivity contribution in [1.29, 1.82) is 0 Å². The molecule has 1 aromatic rings. The normalized spacial score (nSPS) is 20.1. The number of methoxy groups -OCH3 is 1. The standard InChI is InChI=1S/C21H29N3O5/c1-21(2,3)29-20(27)23-11-9-22(10-12-23)19(26)15-13-18(25)24(14-15)16-5-7-17(28-4)8-6-16/h5-8,15H,9-14H2,1-4H3. The summed E-state index contributed by atoms with van der Waals surface area (Å²) < 4.78 is 10.5. The SMILES string of the molecule is COc1ccc(N2CC(C(=O)N3CCN(C(=O)OC(C)(C)C)CC3)CC2=O)cc1. The van der Waals surface area contributed by atoms with Gasteiger partial charge in [0.25, 0.3) is 0 Å². The number of rotatable bonds is 3. The molecule has 0 radical (unpaired) electrons. The molecule has 3 amide bonds. The van der Waals surface area contributed by atoms with E-state index >= 15 is 0 Å². The molecule has 1 atom stereocenters. The Balaban J connectivity index is 1.55. The van der Waals surface area contributed by atoms with Crippen LogP contribution in [0.15, 0.2) is 24.3 Å². The highest BCUT2D eigenvalue weighted by molar-refractivity contribution is 6.00. The van der Waals surface area contributed by atoms with E-state index in [1.165, 1.54) is 0 Å². The van der Waals surface area contributed by atoms with Gasteiger partial charge in [-0.15, -0.1) is 0 Å². The summed E-state index contributed by atoms with van der Waals surface area (Å²) in [4.78, 5) is 42.6. The molecule has 1 unspecified atom stereocenters. The third-order valence-electron chi connectivity index (χ3n) is 5.10. The van der Waals surface area contributed by atoms with Crippen molar-refractivity contribution < 1.29 is 23.9 Å². The minimum Gasteiger partial charge on any atom is -0.497 e. The van der Waals surface area contributed by atoms with E-state index in [4.69, 9.17) is 9.47 Å². The van der Waals surface area contributed by atoms with Gasteiger partial charge >= 0.3 is 6.09 Å². The van der Waals surface area contributed by atoms with Gasteiger partial charge in [0.05, 0.1) is 13.0 Å². The molecule has 0 spiro atoms. The maximum Gasteiger partial charge on any atom is 0.410 e. The van der Waals surface area contributed by atoms with E-state index in [2.05, 4.69) is 0 Å². The molecular weight excluding hydrogens is 374 g/mol. The number of carbonyl (C=O) groups excluding carboxylic acids is 3. The summed E-state index contributed by atoms with van der Waals surface area (Å²) >= 11 is 0. The Labute approximate surface area is 171 Å². The highest BCUT2D eigenvalue weighted by Gasteiger charge is 2.38. The molecule has 0 aromatic heterocycles. The molecule has 8 heteroatoms. The minimum atomic E-state index is -0.542. The van der Waals surface area contributed by atoms with Crippen LogP contribution in [-0.2, 0) is 14.3 Å². The third-order valence-corrected chi connectivity index (χ3v) is 5.10. The smallest absolute Gasteiger partial charge is 0.410 e. The predicted octanol–water partition coefficient (Wildman–Crippen LogP) is 2.13. The number of hydrogen-bond donors (Lipinski definition) is 0. The number of carbonyl (C=O) groups is 3. The predicted molar refractivity (Wildman–Crippen MR) is 108 cm³/mol. The third kappa shape index (κ3) is 4.99. The molecule has 158 valence electrons. The molecule has 29 heavy (non-hydrogen) atoms. The van der Waals surface area contributed by atoms with Crippen molar-refractivity contribution in [3.05, 3.63) is 24.3 Å². The van der Waals surface area contributed by atoms with Crippen molar-refractivity contribution in [1.82, 2.24) is 9.80 Å². The maximum absolute atomic E-state index is 12.9. The highest BCUT2D eigenvalue weighted by atomic mass is 16.6. The van der Waals surface area contributed by atoms with Gasteiger partial charge in [-0.1, -0.05) is 0 Å². The van der Waals surface area contributed by atoms with Gasteiger partial charge in [-0.3, -0.25) is 9.59 Å². The quantitative estimate of drug-likeness (QED) is 0.773. The summed E-state index contributed by atoms with van der Waals surface area (Å²) in [5, 5.41) is 0. The second kappa shape index (κ2) is 8.31. The second-order valence-electron chi connectivity index (χ2n) is 8.40. The van der Waals surface area contributed by atoms with Crippen LogP contribution in [0.4, 0.5) is 10.5 Å². The Morgan fingerprint density at radius 3 is 2.14 bits per heavy atom. The Hall–Kier alpha value is -2.77. The first-order valence-corrected chi connectivity index (χ1v) is 9.89. The van der Waals surface area contributed by atoms with Crippen LogP contribution in [0.25, 0.3) is 0 Å². The number of anilines is 1. The molecule has 2 fully saturated rings. The van der Waals surface area contributed by atoms with E-state index in [0.717, 1.165) is 11.4 Å². The molecule has 0 bridgehead atoms. The van der Waals surface area contributed by atoms with Crippen molar-refractivity contribution in [3.8, 4) is 5.75 Å². The number of amides is 3. The monoisotopic (exact) mass is 403 g/mol. The average molecular weight is 403 g/mol. The van der Waals surface area contributed by atoms with Crippen LogP contribution in [0.3, 0.4) is 0 Å². The number of hydrogen-bond acceptors (Lipinski definition) is 5. The van der Waals surface area contributed by atoms with Crippen molar-refractivity contribution in [2.24, 2.45) is 5.92 Å². The highest BCUT2D eigenvalue weighted by Crippen LogP contribution is 2.28. The molecule has 0 N–H and O–H groups in total. The Morgan fingerprint density at radius 1 is 1.00 bits per heavy atom.